The predicted octanol–water partition coefficient (Wildman–Crippen LogP) is 2.84. The summed E-state index contributed by atoms with van der Waals surface area (Å²) in [6, 6.07) is 0. The van der Waals surface area contributed by atoms with Gasteiger partial charge in [0.2, 0.25) is 0 Å². The van der Waals surface area contributed by atoms with Gasteiger partial charge in [0, 0.05) is 12.8 Å². The van der Waals surface area contributed by atoms with Gasteiger partial charge in [0.1, 0.15) is 0 Å². The normalized spacial score (nSPS) is 19.6. The molecule has 0 fully saturated rings. The van der Waals surface area contributed by atoms with Crippen LogP contribution in [0.2, 0.25) is 0 Å². The van der Waals surface area contributed by atoms with E-state index in [2.05, 4.69) is 11.8 Å². The molecule has 10 heavy (non-hydrogen) atoms. The first-order valence-corrected chi connectivity index (χ1v) is 3.54. The lowest BCUT2D eigenvalue weighted by Crippen LogP contribution is -2.16. The van der Waals surface area contributed by atoms with Gasteiger partial charge in [-0.25, -0.2) is 8.78 Å². The maximum absolute atomic E-state index is 12.1. The summed E-state index contributed by atoms with van der Waals surface area (Å²) in [5.74, 6) is 2.49. The Hall–Kier alpha value is -0.580. The van der Waals surface area contributed by atoms with Gasteiger partial charge in [0.05, 0.1) is 6.42 Å². The second kappa shape index (κ2) is 4.27. The Kier molecular flexibility index (Phi) is 4.02. The van der Waals surface area contributed by atoms with E-state index in [0.29, 0.717) is 6.42 Å². The Labute approximate surface area is 60.6 Å². The van der Waals surface area contributed by atoms with Crippen LogP contribution in [0.4, 0.5) is 8.78 Å². The fourth-order valence-electron chi connectivity index (χ4n) is 0.614. The van der Waals surface area contributed by atoms with Crippen LogP contribution < -0.4 is 0 Å². The minimum Gasteiger partial charge on any atom is -0.206 e. The van der Waals surface area contributed by atoms with Crippen LogP contribution in [0, 0.1) is 11.8 Å². The number of rotatable bonds is 0. The predicted molar refractivity (Wildman–Crippen MR) is 37.9 cm³/mol. The van der Waals surface area contributed by atoms with Crippen molar-refractivity contribution in [3.05, 3.63) is 0 Å². The first-order chi connectivity index (χ1) is 4.71. The molecule has 0 nitrogen and oxygen atoms in total. The van der Waals surface area contributed by atoms with E-state index in [1.165, 1.54) is 0 Å². The van der Waals surface area contributed by atoms with Gasteiger partial charge < -0.3 is 0 Å². The summed E-state index contributed by atoms with van der Waals surface area (Å²) in [6.07, 6.45) is 0.0556. The molecule has 0 bridgehead atoms. The van der Waals surface area contributed by atoms with Gasteiger partial charge in [-0.2, -0.15) is 0 Å². The minimum absolute atomic E-state index is 0.0556. The average Bonchev–Trinajstić information content (AvgIpc) is 1.92. The first kappa shape index (κ1) is 9.42. The molecule has 0 aromatic rings. The highest BCUT2D eigenvalue weighted by Gasteiger charge is 2.28. The van der Waals surface area contributed by atoms with Gasteiger partial charge in [-0.1, -0.05) is 19.8 Å². The third kappa shape index (κ3) is 3.45. The number of hydrogen-bond acceptors (Lipinski definition) is 0. The summed E-state index contributed by atoms with van der Waals surface area (Å²) in [7, 11) is 0. The van der Waals surface area contributed by atoms with Crippen molar-refractivity contribution in [3.8, 4) is 11.8 Å². The summed E-state index contributed by atoms with van der Waals surface area (Å²) in [5, 5.41) is 0. The fourth-order valence-corrected chi connectivity index (χ4v) is 0.614. The molecule has 58 valence electrons. The van der Waals surface area contributed by atoms with Crippen LogP contribution in [0.25, 0.3) is 0 Å². The lowest BCUT2D eigenvalue weighted by Gasteiger charge is -2.12. The maximum atomic E-state index is 12.1. The molecule has 0 saturated carbocycles. The second-order valence-electron chi connectivity index (χ2n) is 1.89. The molecule has 0 amide bonds. The lowest BCUT2D eigenvalue weighted by atomic mass is 10.1. The van der Waals surface area contributed by atoms with Gasteiger partial charge in [-0.05, 0) is 0 Å². The highest BCUT2D eigenvalue weighted by atomic mass is 19.3. The third-order valence-electron chi connectivity index (χ3n) is 1.09. The molecule has 0 spiro atoms. The number of hydrogen-bond donors (Lipinski definition) is 0. The molecule has 2 heteroatoms. The Bertz CT molecular complexity index is 139. The van der Waals surface area contributed by atoms with Crippen molar-refractivity contribution in [2.24, 2.45) is 0 Å². The van der Waals surface area contributed by atoms with E-state index in [4.69, 9.17) is 0 Å². The van der Waals surface area contributed by atoms with E-state index in [1.807, 2.05) is 13.8 Å². The Morgan fingerprint density at radius 3 is 2.00 bits per heavy atom. The van der Waals surface area contributed by atoms with E-state index in [-0.39, 0.29) is 12.8 Å². The van der Waals surface area contributed by atoms with Crippen LogP contribution in [-0.4, -0.2) is 5.92 Å². The van der Waals surface area contributed by atoms with Gasteiger partial charge in [-0.3, -0.25) is 0 Å². The van der Waals surface area contributed by atoms with Crippen LogP contribution >= 0.6 is 0 Å². The maximum Gasteiger partial charge on any atom is 0.259 e. The molecule has 0 atom stereocenters. The summed E-state index contributed by atoms with van der Waals surface area (Å²) >= 11 is 0. The standard InChI is InChI=1S/C6H6F2.C2H6/c7-6(8)4-2-1-3-5-6;1-2/h2,4-5H2;1-2H3. The summed E-state index contributed by atoms with van der Waals surface area (Å²) in [4.78, 5) is 0. The van der Waals surface area contributed by atoms with Gasteiger partial charge in [0.25, 0.3) is 5.92 Å². The number of alkyl halides is 2. The highest BCUT2D eigenvalue weighted by molar-refractivity contribution is 5.06. The number of halogens is 2. The van der Waals surface area contributed by atoms with Crippen molar-refractivity contribution in [1.82, 2.24) is 0 Å². The zero-order valence-corrected chi connectivity index (χ0v) is 6.38. The van der Waals surface area contributed by atoms with Crippen molar-refractivity contribution in [2.45, 2.75) is 39.0 Å². The topological polar surface area (TPSA) is 0 Å². The van der Waals surface area contributed by atoms with Crippen LogP contribution in [0.5, 0.6) is 0 Å². The molecule has 0 aromatic heterocycles. The average molecular weight is 146 g/mol. The zero-order chi connectivity index (χ0) is 8.04. The van der Waals surface area contributed by atoms with E-state index in [0.717, 1.165) is 0 Å². The molecular formula is C8H12F2. The van der Waals surface area contributed by atoms with Crippen LogP contribution in [0.1, 0.15) is 33.1 Å². The van der Waals surface area contributed by atoms with Crippen molar-refractivity contribution in [1.29, 1.82) is 0 Å². The highest BCUT2D eigenvalue weighted by Crippen LogP contribution is 2.25. The molecule has 0 unspecified atom stereocenters. The van der Waals surface area contributed by atoms with Gasteiger partial charge in [-0.15, -0.1) is 5.92 Å². The quantitative estimate of drug-likeness (QED) is 0.461. The smallest absolute Gasteiger partial charge is 0.206 e. The fraction of sp³-hybridized carbons (Fsp3) is 0.750. The van der Waals surface area contributed by atoms with Crippen LogP contribution in [-0.2, 0) is 0 Å². The summed E-state index contributed by atoms with van der Waals surface area (Å²) in [6.45, 7) is 4.00. The van der Waals surface area contributed by atoms with Crippen molar-refractivity contribution in [3.63, 3.8) is 0 Å². The van der Waals surface area contributed by atoms with E-state index in [1.54, 1.807) is 0 Å². The molecule has 0 saturated heterocycles. The largest absolute Gasteiger partial charge is 0.259 e. The Balaban J connectivity index is 0.000000371. The molecule has 1 aliphatic rings. The van der Waals surface area contributed by atoms with Crippen molar-refractivity contribution < 1.29 is 8.78 Å². The van der Waals surface area contributed by atoms with Crippen LogP contribution in [0.3, 0.4) is 0 Å². The summed E-state index contributed by atoms with van der Waals surface area (Å²) in [5.41, 5.74) is 0. The molecule has 0 aliphatic heterocycles. The van der Waals surface area contributed by atoms with Crippen molar-refractivity contribution >= 4 is 0 Å². The van der Waals surface area contributed by atoms with E-state index < -0.39 is 5.92 Å². The second-order valence-corrected chi connectivity index (χ2v) is 1.89. The zero-order valence-electron chi connectivity index (χ0n) is 6.38. The molecule has 0 N–H and O–H groups in total. The Morgan fingerprint density at radius 2 is 1.80 bits per heavy atom. The molecule has 0 aromatic carbocycles. The third-order valence-corrected chi connectivity index (χ3v) is 1.09. The lowest BCUT2D eigenvalue weighted by molar-refractivity contribution is -0.00307. The van der Waals surface area contributed by atoms with Gasteiger partial charge in [0.15, 0.2) is 0 Å². The Morgan fingerprint density at radius 1 is 1.20 bits per heavy atom. The molecule has 1 aliphatic carbocycles. The van der Waals surface area contributed by atoms with Crippen molar-refractivity contribution in [2.75, 3.05) is 0 Å². The van der Waals surface area contributed by atoms with E-state index in [9.17, 15) is 8.78 Å². The first-order valence-electron chi connectivity index (χ1n) is 3.54. The molecular weight excluding hydrogens is 134 g/mol. The minimum atomic E-state index is -2.49. The monoisotopic (exact) mass is 146 g/mol. The van der Waals surface area contributed by atoms with Crippen LogP contribution in [0.15, 0.2) is 0 Å². The molecule has 1 rings (SSSR count). The van der Waals surface area contributed by atoms with Gasteiger partial charge >= 0.3 is 0 Å². The summed E-state index contributed by atoms with van der Waals surface area (Å²) < 4.78 is 24.2. The molecule has 0 radical (unpaired) electrons. The van der Waals surface area contributed by atoms with E-state index >= 15 is 0 Å². The SMILES string of the molecule is CC.FC1(F)CC#CCC1. The molecule has 0 heterocycles.